The maximum atomic E-state index is 5.71. The third kappa shape index (κ3) is 2.55. The fourth-order valence-corrected chi connectivity index (χ4v) is 1.75. The van der Waals surface area contributed by atoms with Crippen LogP contribution in [0.1, 0.15) is 6.42 Å². The van der Waals surface area contributed by atoms with Crippen LogP contribution in [0.15, 0.2) is 35.4 Å². The lowest BCUT2D eigenvalue weighted by Crippen LogP contribution is -2.78. The second-order valence-electron chi connectivity index (χ2n) is 3.45. The number of para-hydroxylation sites is 1. The Morgan fingerprint density at radius 2 is 2.19 bits per heavy atom. The number of nitrogens with two attached hydrogens (primary N) is 1. The topological polar surface area (TPSA) is 55.6 Å². The van der Waals surface area contributed by atoms with Crippen molar-refractivity contribution in [2.24, 2.45) is 10.8 Å². The second-order valence-corrected chi connectivity index (χ2v) is 4.30. The van der Waals surface area contributed by atoms with Crippen molar-refractivity contribution in [1.82, 2.24) is 0 Å². The van der Waals surface area contributed by atoms with Gasteiger partial charge in [0.2, 0.25) is 0 Å². The molecule has 0 aromatic heterocycles. The number of hydrogen-bond acceptors (Lipinski definition) is 3. The largest absolute Gasteiger partial charge is 0.313 e. The first kappa shape index (κ1) is 11.0. The Balaban J connectivity index is 2.12. The average Bonchev–Trinajstić information content (AvgIpc) is 2.78. The molecule has 0 amide bonds. The Labute approximate surface area is 99.2 Å². The van der Waals surface area contributed by atoms with E-state index in [1.165, 1.54) is 11.8 Å². The van der Waals surface area contributed by atoms with Gasteiger partial charge in [-0.2, -0.15) is 0 Å². The third-order valence-corrected chi connectivity index (χ3v) is 2.89. The summed E-state index contributed by atoms with van der Waals surface area (Å²) in [6.07, 6.45) is 2.84. The summed E-state index contributed by atoms with van der Waals surface area (Å²) in [4.78, 5) is 3.09. The van der Waals surface area contributed by atoms with Crippen LogP contribution in [0.2, 0.25) is 0 Å². The number of hydrogen-bond donors (Lipinski definition) is 2. The molecule has 1 heterocycles. The highest BCUT2D eigenvalue weighted by molar-refractivity contribution is 8.12. The number of benzene rings is 1. The molecule has 1 aliphatic rings. The lowest BCUT2D eigenvalue weighted by Gasteiger charge is -2.07. The highest BCUT2D eigenvalue weighted by Crippen LogP contribution is 2.16. The summed E-state index contributed by atoms with van der Waals surface area (Å²) in [5, 5.41) is 7.14. The maximum absolute atomic E-state index is 5.71. The highest BCUT2D eigenvalue weighted by atomic mass is 32.2. The molecular weight excluding hydrogens is 220 g/mol. The van der Waals surface area contributed by atoms with Gasteiger partial charge in [0.05, 0.1) is 18.7 Å². The highest BCUT2D eigenvalue weighted by Gasteiger charge is 2.20. The van der Waals surface area contributed by atoms with Gasteiger partial charge in [0.1, 0.15) is 0 Å². The van der Waals surface area contributed by atoms with Crippen molar-refractivity contribution in [1.29, 1.82) is 0 Å². The normalized spacial score (nSPS) is 16.4. The molecule has 4 nitrogen and oxygen atoms in total. The number of nitrogens with zero attached hydrogens (tertiary/aromatic N) is 2. The first-order valence-corrected chi connectivity index (χ1v) is 6.35. The van der Waals surface area contributed by atoms with E-state index in [2.05, 4.69) is 10.1 Å². The first-order valence-electron chi connectivity index (χ1n) is 5.13. The smallest absolute Gasteiger partial charge is 0.262 e. The number of thioether (sulfide) groups is 1. The van der Waals surface area contributed by atoms with Crippen LogP contribution in [-0.2, 0) is 0 Å². The van der Waals surface area contributed by atoms with Gasteiger partial charge in [-0.1, -0.05) is 30.0 Å². The predicted molar refractivity (Wildman–Crippen MR) is 69.5 cm³/mol. The van der Waals surface area contributed by atoms with Crippen molar-refractivity contribution >= 4 is 28.5 Å². The van der Waals surface area contributed by atoms with E-state index in [-0.39, 0.29) is 0 Å². The molecule has 0 aliphatic carbocycles. The molecular formula is C11H15N4S+. The van der Waals surface area contributed by atoms with Crippen LogP contribution in [0.5, 0.6) is 0 Å². The molecule has 0 radical (unpaired) electrons. The minimum absolute atomic E-state index is 0.689. The Hall–Kier alpha value is -1.49. The summed E-state index contributed by atoms with van der Waals surface area (Å²) in [5.41, 5.74) is 6.82. The molecule has 16 heavy (non-hydrogen) atoms. The summed E-state index contributed by atoms with van der Waals surface area (Å²) in [7, 11) is 0. The van der Waals surface area contributed by atoms with E-state index in [1.54, 1.807) is 0 Å². The van der Waals surface area contributed by atoms with Crippen molar-refractivity contribution in [3.63, 3.8) is 0 Å². The number of nitrogens with one attached hydrogen (secondary N) is 1. The van der Waals surface area contributed by atoms with Gasteiger partial charge in [-0.25, -0.2) is 10.0 Å². The van der Waals surface area contributed by atoms with Crippen LogP contribution < -0.4 is 15.7 Å². The molecule has 0 saturated carbocycles. The zero-order chi connectivity index (χ0) is 11.4. The van der Waals surface area contributed by atoms with Crippen molar-refractivity contribution in [3.8, 4) is 0 Å². The van der Waals surface area contributed by atoms with Crippen LogP contribution in [-0.4, -0.2) is 23.8 Å². The van der Waals surface area contributed by atoms with Gasteiger partial charge >= 0.3 is 0 Å². The molecule has 2 rings (SSSR count). The van der Waals surface area contributed by atoms with Gasteiger partial charge in [-0.3, -0.25) is 0 Å². The Morgan fingerprint density at radius 1 is 1.44 bits per heavy atom. The molecule has 1 aromatic carbocycles. The van der Waals surface area contributed by atoms with Crippen LogP contribution in [0.4, 0.5) is 5.69 Å². The Kier molecular flexibility index (Phi) is 3.46. The quantitative estimate of drug-likeness (QED) is 0.531. The summed E-state index contributed by atoms with van der Waals surface area (Å²) in [6.45, 7) is 0.897. The molecule has 84 valence electrons. The Morgan fingerprint density at radius 3 is 2.88 bits per heavy atom. The van der Waals surface area contributed by atoms with Gasteiger partial charge in [0.25, 0.3) is 11.0 Å². The third-order valence-electron chi connectivity index (χ3n) is 2.34. The lowest BCUT2D eigenvalue weighted by molar-refractivity contribution is -0.315. The fraction of sp³-hybridized carbons (Fsp3) is 0.273. The molecule has 3 N–H and O–H groups in total. The molecule has 1 aromatic rings. The van der Waals surface area contributed by atoms with E-state index in [9.17, 15) is 0 Å². The SMILES string of the molecule is CSC(N)=[NH+]C1=NN(c2ccccc2)CC1. The van der Waals surface area contributed by atoms with E-state index >= 15 is 0 Å². The number of amidine groups is 2. The summed E-state index contributed by atoms with van der Waals surface area (Å²) >= 11 is 1.49. The number of anilines is 1. The van der Waals surface area contributed by atoms with Crippen molar-refractivity contribution in [2.45, 2.75) is 6.42 Å². The van der Waals surface area contributed by atoms with Gasteiger partial charge < -0.3 is 5.73 Å². The van der Waals surface area contributed by atoms with E-state index in [1.807, 2.05) is 41.6 Å². The summed E-state index contributed by atoms with van der Waals surface area (Å²) in [5.74, 6) is 0.927. The average molecular weight is 235 g/mol. The molecule has 0 saturated heterocycles. The fourth-order valence-electron chi connectivity index (χ4n) is 1.53. The van der Waals surface area contributed by atoms with E-state index in [0.717, 1.165) is 24.5 Å². The minimum Gasteiger partial charge on any atom is -0.313 e. The molecule has 0 unspecified atom stereocenters. The lowest BCUT2D eigenvalue weighted by atomic mass is 10.3. The monoisotopic (exact) mass is 235 g/mol. The van der Waals surface area contributed by atoms with Gasteiger partial charge in [0.15, 0.2) is 0 Å². The molecule has 0 atom stereocenters. The van der Waals surface area contributed by atoms with Crippen LogP contribution in [0.25, 0.3) is 0 Å². The van der Waals surface area contributed by atoms with Crippen LogP contribution >= 0.6 is 11.8 Å². The van der Waals surface area contributed by atoms with Crippen molar-refractivity contribution < 1.29 is 4.99 Å². The predicted octanol–water partition coefficient (Wildman–Crippen LogP) is -0.0315. The van der Waals surface area contributed by atoms with Crippen molar-refractivity contribution in [2.75, 3.05) is 17.8 Å². The zero-order valence-electron chi connectivity index (χ0n) is 9.18. The molecule has 5 heteroatoms. The molecule has 0 bridgehead atoms. The number of hydrazone groups is 1. The first-order chi connectivity index (χ1) is 7.79. The van der Waals surface area contributed by atoms with E-state index < -0.39 is 0 Å². The number of rotatable bonds is 1. The molecule has 1 aliphatic heterocycles. The second kappa shape index (κ2) is 5.03. The minimum atomic E-state index is 0.689. The van der Waals surface area contributed by atoms with Crippen molar-refractivity contribution in [3.05, 3.63) is 30.3 Å². The summed E-state index contributed by atoms with van der Waals surface area (Å²) < 4.78 is 0. The standard InChI is InChI=1S/C11H14N4S/c1-16-11(12)13-10-7-8-15(14-10)9-5-3-2-4-6-9/h2-6H,7-8H2,1H3,(H2,12,13,14)/p+1. The van der Waals surface area contributed by atoms with Gasteiger partial charge in [-0.05, 0) is 23.5 Å². The molecule has 0 spiro atoms. The van der Waals surface area contributed by atoms with Crippen LogP contribution in [0, 0.1) is 0 Å². The Bertz CT molecular complexity index is 413. The van der Waals surface area contributed by atoms with E-state index in [0.29, 0.717) is 5.17 Å². The zero-order valence-corrected chi connectivity index (χ0v) is 10.00. The van der Waals surface area contributed by atoms with Crippen LogP contribution in [0.3, 0.4) is 0 Å². The summed E-state index contributed by atoms with van der Waals surface area (Å²) in [6, 6.07) is 10.1. The maximum Gasteiger partial charge on any atom is 0.262 e. The molecule has 0 fully saturated rings. The van der Waals surface area contributed by atoms with Gasteiger partial charge in [-0.15, -0.1) is 0 Å². The van der Waals surface area contributed by atoms with Gasteiger partial charge in [0, 0.05) is 0 Å². The van der Waals surface area contributed by atoms with E-state index in [4.69, 9.17) is 5.73 Å².